The zero-order chi connectivity index (χ0) is 23.8. The average molecular weight is 467 g/mol. The van der Waals surface area contributed by atoms with Crippen LogP contribution in [0.25, 0.3) is 11.1 Å². The maximum atomic E-state index is 12.7. The average Bonchev–Trinajstić information content (AvgIpc) is 2.86. The van der Waals surface area contributed by atoms with E-state index in [0.717, 1.165) is 68.6 Å². The second kappa shape index (κ2) is 12.3. The Balaban J connectivity index is 1.21. The molecule has 0 aromatic heterocycles. The summed E-state index contributed by atoms with van der Waals surface area (Å²) in [7, 11) is 0. The van der Waals surface area contributed by atoms with Crippen LogP contribution in [0.15, 0.2) is 54.6 Å². The molecule has 0 spiro atoms. The van der Waals surface area contributed by atoms with E-state index in [-0.39, 0.29) is 24.7 Å². The second-order valence-electron chi connectivity index (χ2n) is 9.57. The monoisotopic (exact) mass is 466 g/mol. The van der Waals surface area contributed by atoms with Crippen LogP contribution in [0.5, 0.6) is 0 Å². The molecule has 184 valence electrons. The summed E-state index contributed by atoms with van der Waals surface area (Å²) in [5.41, 5.74) is 2.87. The highest BCUT2D eigenvalue weighted by Crippen LogP contribution is 2.27. The van der Waals surface area contributed by atoms with Gasteiger partial charge in [0.15, 0.2) is 0 Å². The number of para-hydroxylation sites is 1. The van der Waals surface area contributed by atoms with E-state index in [2.05, 4.69) is 20.4 Å². The van der Waals surface area contributed by atoms with Crippen LogP contribution in [-0.4, -0.2) is 83.6 Å². The molecule has 2 amide bonds. The molecule has 0 radical (unpaired) electrons. The van der Waals surface area contributed by atoms with Crippen molar-refractivity contribution in [3.05, 3.63) is 54.6 Å². The number of hydrogen-bond acceptors (Lipinski definition) is 5. The van der Waals surface area contributed by atoms with E-state index < -0.39 is 6.10 Å². The molecule has 2 aromatic carbocycles. The van der Waals surface area contributed by atoms with Crippen molar-refractivity contribution in [3.63, 3.8) is 0 Å². The number of piperidine rings is 2. The van der Waals surface area contributed by atoms with Crippen molar-refractivity contribution < 1.29 is 15.0 Å². The molecule has 2 atom stereocenters. The summed E-state index contributed by atoms with van der Waals surface area (Å²) in [4.78, 5) is 17.2. The molecule has 2 aliphatic rings. The van der Waals surface area contributed by atoms with Crippen LogP contribution in [0.4, 0.5) is 10.5 Å². The predicted octanol–water partition coefficient (Wildman–Crippen LogP) is 3.15. The maximum absolute atomic E-state index is 12.7. The zero-order valence-corrected chi connectivity index (χ0v) is 19.9. The van der Waals surface area contributed by atoms with E-state index in [1.165, 1.54) is 0 Å². The van der Waals surface area contributed by atoms with Gasteiger partial charge in [-0.25, -0.2) is 4.79 Å². The lowest BCUT2D eigenvalue weighted by Gasteiger charge is -2.38. The Kier molecular flexibility index (Phi) is 8.93. The Labute approximate surface area is 202 Å². The number of rotatable bonds is 8. The Morgan fingerprint density at radius 1 is 0.941 bits per heavy atom. The van der Waals surface area contributed by atoms with E-state index >= 15 is 0 Å². The number of β-amino-alcohol motifs (C(OH)–C–C–N with tert-alkyl or cyclic N) is 1. The summed E-state index contributed by atoms with van der Waals surface area (Å²) < 4.78 is 0. The van der Waals surface area contributed by atoms with Crippen molar-refractivity contribution in [2.45, 2.75) is 50.3 Å². The summed E-state index contributed by atoms with van der Waals surface area (Å²) in [5.74, 6) is 0. The van der Waals surface area contributed by atoms with E-state index in [4.69, 9.17) is 0 Å². The molecule has 2 heterocycles. The molecule has 2 saturated heterocycles. The number of aliphatic hydroxyl groups is 2. The number of nitrogens with zero attached hydrogens (tertiary/aromatic N) is 2. The summed E-state index contributed by atoms with van der Waals surface area (Å²) >= 11 is 0. The van der Waals surface area contributed by atoms with Crippen molar-refractivity contribution in [3.8, 4) is 11.1 Å². The van der Waals surface area contributed by atoms with Crippen molar-refractivity contribution in [1.82, 2.24) is 15.1 Å². The van der Waals surface area contributed by atoms with Gasteiger partial charge in [-0.2, -0.15) is 0 Å². The minimum absolute atomic E-state index is 0.123. The van der Waals surface area contributed by atoms with E-state index in [0.29, 0.717) is 13.1 Å². The van der Waals surface area contributed by atoms with E-state index in [9.17, 15) is 15.0 Å². The number of hydrogen-bond donors (Lipinski definition) is 4. The number of benzene rings is 2. The third kappa shape index (κ3) is 6.79. The Morgan fingerprint density at radius 2 is 1.68 bits per heavy atom. The van der Waals surface area contributed by atoms with Gasteiger partial charge in [0.1, 0.15) is 0 Å². The van der Waals surface area contributed by atoms with Gasteiger partial charge in [0.05, 0.1) is 18.4 Å². The molecule has 0 bridgehead atoms. The zero-order valence-electron chi connectivity index (χ0n) is 19.9. The fourth-order valence-corrected chi connectivity index (χ4v) is 5.20. The lowest BCUT2D eigenvalue weighted by Crippen LogP contribution is -2.50. The summed E-state index contributed by atoms with van der Waals surface area (Å²) in [6, 6.07) is 18.0. The van der Waals surface area contributed by atoms with Crippen LogP contribution in [-0.2, 0) is 0 Å². The third-order valence-electron chi connectivity index (χ3n) is 7.06. The van der Waals surface area contributed by atoms with Gasteiger partial charge in [-0.15, -0.1) is 0 Å². The molecule has 4 N–H and O–H groups in total. The van der Waals surface area contributed by atoms with Crippen LogP contribution >= 0.6 is 0 Å². The third-order valence-corrected chi connectivity index (χ3v) is 7.06. The standard InChI is InChI=1S/C27H38N4O3/c32-20-23-10-6-7-15-31(23)19-24(33)18-30-16-13-22(14-17-30)28-27(34)29-26-12-5-4-11-25(26)21-8-2-1-3-9-21/h1-5,8-9,11-12,22-24,32-33H,6-7,10,13-20H2,(H2,28,29,34). The molecule has 34 heavy (non-hydrogen) atoms. The maximum Gasteiger partial charge on any atom is 0.319 e. The smallest absolute Gasteiger partial charge is 0.319 e. The molecule has 4 rings (SSSR count). The fourth-order valence-electron chi connectivity index (χ4n) is 5.20. The Hall–Kier alpha value is -2.45. The lowest BCUT2D eigenvalue weighted by atomic mass is 10.0. The topological polar surface area (TPSA) is 88.1 Å². The second-order valence-corrected chi connectivity index (χ2v) is 9.57. The van der Waals surface area contributed by atoms with Crippen LogP contribution < -0.4 is 10.6 Å². The molecule has 2 fully saturated rings. The number of likely N-dealkylation sites (tertiary alicyclic amines) is 2. The number of carbonyl (C=O) groups excluding carboxylic acids is 1. The Morgan fingerprint density at radius 3 is 2.44 bits per heavy atom. The predicted molar refractivity (Wildman–Crippen MR) is 136 cm³/mol. The molecule has 0 aliphatic carbocycles. The number of carbonyl (C=O) groups is 1. The van der Waals surface area contributed by atoms with E-state index in [1.54, 1.807) is 0 Å². The molecule has 7 nitrogen and oxygen atoms in total. The molecular formula is C27H38N4O3. The van der Waals surface area contributed by atoms with Gasteiger partial charge >= 0.3 is 6.03 Å². The Bertz CT molecular complexity index is 902. The van der Waals surface area contributed by atoms with Gasteiger partial charge in [0.25, 0.3) is 0 Å². The number of nitrogens with one attached hydrogen (secondary N) is 2. The number of aliphatic hydroxyl groups excluding tert-OH is 2. The highest BCUT2D eigenvalue weighted by atomic mass is 16.3. The SMILES string of the molecule is O=C(Nc1ccccc1-c1ccccc1)NC1CCN(CC(O)CN2CCCCC2CO)CC1. The number of amides is 2. The van der Waals surface area contributed by atoms with Gasteiger partial charge in [0, 0.05) is 43.8 Å². The minimum atomic E-state index is -0.422. The van der Waals surface area contributed by atoms with E-state index in [1.807, 2.05) is 54.6 Å². The lowest BCUT2D eigenvalue weighted by molar-refractivity contribution is 0.0229. The largest absolute Gasteiger partial charge is 0.395 e. The highest BCUT2D eigenvalue weighted by Gasteiger charge is 2.26. The van der Waals surface area contributed by atoms with Crippen LogP contribution in [0.1, 0.15) is 32.1 Å². The first kappa shape index (κ1) is 24.7. The van der Waals surface area contributed by atoms with Gasteiger partial charge in [-0.1, -0.05) is 55.0 Å². The number of urea groups is 1. The molecule has 2 unspecified atom stereocenters. The van der Waals surface area contributed by atoms with Gasteiger partial charge in [-0.05, 0) is 43.9 Å². The molecule has 2 aliphatic heterocycles. The van der Waals surface area contributed by atoms with Crippen molar-refractivity contribution in [2.24, 2.45) is 0 Å². The van der Waals surface area contributed by atoms with Crippen molar-refractivity contribution in [2.75, 3.05) is 44.6 Å². The fraction of sp³-hybridized carbons (Fsp3) is 0.519. The normalized spacial score (nSPS) is 21.2. The number of anilines is 1. The molecule has 2 aromatic rings. The van der Waals surface area contributed by atoms with Gasteiger partial charge in [-0.3, -0.25) is 4.90 Å². The minimum Gasteiger partial charge on any atom is -0.395 e. The quantitative estimate of drug-likeness (QED) is 0.480. The van der Waals surface area contributed by atoms with Crippen LogP contribution in [0.2, 0.25) is 0 Å². The molecule has 7 heteroatoms. The summed E-state index contributed by atoms with van der Waals surface area (Å²) in [5, 5.41) is 26.4. The summed E-state index contributed by atoms with van der Waals surface area (Å²) in [6.45, 7) is 4.08. The summed E-state index contributed by atoms with van der Waals surface area (Å²) in [6.07, 6.45) is 4.61. The van der Waals surface area contributed by atoms with Crippen LogP contribution in [0, 0.1) is 0 Å². The van der Waals surface area contributed by atoms with Crippen LogP contribution in [0.3, 0.4) is 0 Å². The highest BCUT2D eigenvalue weighted by molar-refractivity contribution is 5.94. The van der Waals surface area contributed by atoms with Gasteiger partial charge in [0.2, 0.25) is 0 Å². The van der Waals surface area contributed by atoms with Crippen molar-refractivity contribution >= 4 is 11.7 Å². The van der Waals surface area contributed by atoms with Crippen molar-refractivity contribution in [1.29, 1.82) is 0 Å². The van der Waals surface area contributed by atoms with Gasteiger partial charge < -0.3 is 25.7 Å². The first-order valence-electron chi connectivity index (χ1n) is 12.6. The molecular weight excluding hydrogens is 428 g/mol. The first-order chi connectivity index (χ1) is 16.6. The first-order valence-corrected chi connectivity index (χ1v) is 12.6. The molecule has 0 saturated carbocycles.